The van der Waals surface area contributed by atoms with Crippen LogP contribution in [0.1, 0.15) is 44.7 Å². The number of hydrogen-bond donors (Lipinski definition) is 7. The van der Waals surface area contributed by atoms with Gasteiger partial charge in [-0.15, -0.1) is 0 Å². The molecule has 1 saturated carbocycles. The van der Waals surface area contributed by atoms with Gasteiger partial charge in [-0.1, -0.05) is 18.8 Å². The van der Waals surface area contributed by atoms with Crippen LogP contribution in [0.15, 0.2) is 6.20 Å². The van der Waals surface area contributed by atoms with Crippen LogP contribution in [0.25, 0.3) is 11.0 Å². The van der Waals surface area contributed by atoms with E-state index in [0.29, 0.717) is 11.2 Å². The lowest BCUT2D eigenvalue weighted by atomic mass is 10.1. The minimum Gasteiger partial charge on any atom is -0.393 e. The lowest BCUT2D eigenvalue weighted by Gasteiger charge is -2.29. The summed E-state index contributed by atoms with van der Waals surface area (Å²) in [7, 11) is -4.85. The Morgan fingerprint density at radius 3 is 2.61 bits per heavy atom. The lowest BCUT2D eigenvalue weighted by molar-refractivity contribution is -0.104. The molecule has 0 radical (unpaired) electrons. The summed E-state index contributed by atoms with van der Waals surface area (Å²) in [5.74, 6) is 5.79. The number of anilines is 1. The van der Waals surface area contributed by atoms with E-state index in [1.165, 1.54) is 10.9 Å². The van der Waals surface area contributed by atoms with Crippen molar-refractivity contribution in [3.63, 3.8) is 0 Å². The predicted molar refractivity (Wildman–Crippen MR) is 125 cm³/mol. The standard InChI is InChI=1S/C21H30N5O9P/c1-21(11-28,36(31,32)33)34-10-14-16(29)17(30)20(35-14)26-19-13(9-22-26)18(23-12-5-2-3-6-12)24-15(25-19)7-4-8-27/h9,12,14,16-17,20,27-30H,2-3,5-6,8,10-11H2,1H3,(H,23,24,25)(H2,31,32,33)/t14-,16-,17-,20?,21?/m1/s1. The first-order valence-corrected chi connectivity index (χ1v) is 13.1. The molecule has 0 aromatic carbocycles. The first-order chi connectivity index (χ1) is 17.1. The zero-order chi connectivity index (χ0) is 26.1. The van der Waals surface area contributed by atoms with Crippen LogP contribution >= 0.6 is 7.60 Å². The maximum Gasteiger partial charge on any atom is 0.359 e. The minimum atomic E-state index is -4.85. The molecular formula is C21H30N5O9P. The number of rotatable bonds is 8. The molecule has 14 nitrogen and oxygen atoms in total. The molecule has 4 rings (SSSR count). The molecule has 2 fully saturated rings. The Bertz CT molecular complexity index is 1190. The van der Waals surface area contributed by atoms with Gasteiger partial charge in [0.25, 0.3) is 0 Å². The number of hydrogen-bond acceptors (Lipinski definition) is 11. The Morgan fingerprint density at radius 2 is 1.97 bits per heavy atom. The first kappa shape index (κ1) is 26.9. The monoisotopic (exact) mass is 527 g/mol. The van der Waals surface area contributed by atoms with Crippen LogP contribution < -0.4 is 5.32 Å². The topological polar surface area (TPSA) is 213 Å². The van der Waals surface area contributed by atoms with Crippen molar-refractivity contribution in [2.75, 3.05) is 25.1 Å². The average molecular weight is 527 g/mol. The van der Waals surface area contributed by atoms with Crippen molar-refractivity contribution in [3.05, 3.63) is 12.0 Å². The molecule has 5 atom stereocenters. The third-order valence-corrected chi connectivity index (χ3v) is 7.98. The van der Waals surface area contributed by atoms with Crippen molar-refractivity contribution < 1.29 is 44.3 Å². The molecule has 2 aromatic heterocycles. The van der Waals surface area contributed by atoms with Gasteiger partial charge >= 0.3 is 7.60 Å². The van der Waals surface area contributed by atoms with E-state index >= 15 is 0 Å². The van der Waals surface area contributed by atoms with Gasteiger partial charge in [0, 0.05) is 6.04 Å². The summed E-state index contributed by atoms with van der Waals surface area (Å²) in [5.41, 5.74) is 0.265. The summed E-state index contributed by atoms with van der Waals surface area (Å²) >= 11 is 0. The summed E-state index contributed by atoms with van der Waals surface area (Å²) in [5, 5.41) is 45.7. The van der Waals surface area contributed by atoms with Crippen molar-refractivity contribution in [1.82, 2.24) is 19.7 Å². The number of fused-ring (bicyclic) bond motifs is 1. The molecule has 0 bridgehead atoms. The van der Waals surface area contributed by atoms with E-state index in [2.05, 4.69) is 32.2 Å². The van der Waals surface area contributed by atoms with Gasteiger partial charge in [0.05, 0.1) is 24.8 Å². The maximum absolute atomic E-state index is 11.7. The fourth-order valence-electron chi connectivity index (χ4n) is 4.21. The van der Waals surface area contributed by atoms with E-state index in [-0.39, 0.29) is 24.1 Å². The third-order valence-electron chi connectivity index (χ3n) is 6.48. The van der Waals surface area contributed by atoms with Crippen molar-refractivity contribution in [2.24, 2.45) is 0 Å². The SMILES string of the molecule is CC(CO)(OC[C@H]1OC(n2ncc3c(NC4CCCC4)nc(C#CCO)nc32)[C@H](O)[C@@H]1O)P(=O)(O)O. The number of aliphatic hydroxyl groups is 4. The van der Waals surface area contributed by atoms with Gasteiger partial charge in [-0.3, -0.25) is 4.57 Å². The highest BCUT2D eigenvalue weighted by atomic mass is 31.2. The largest absolute Gasteiger partial charge is 0.393 e. The number of aliphatic hydroxyl groups excluding tert-OH is 4. The predicted octanol–water partition coefficient (Wildman–Crippen LogP) is -0.953. The van der Waals surface area contributed by atoms with Crippen molar-refractivity contribution >= 4 is 24.4 Å². The second-order valence-electron chi connectivity index (χ2n) is 9.04. The molecule has 3 heterocycles. The van der Waals surface area contributed by atoms with Crippen LogP contribution in [0.5, 0.6) is 0 Å². The van der Waals surface area contributed by atoms with Crippen molar-refractivity contribution in [1.29, 1.82) is 0 Å². The molecule has 1 saturated heterocycles. The second kappa shape index (κ2) is 10.7. The van der Waals surface area contributed by atoms with Crippen molar-refractivity contribution in [3.8, 4) is 11.8 Å². The Morgan fingerprint density at radius 1 is 1.25 bits per heavy atom. The van der Waals surface area contributed by atoms with Crippen LogP contribution in [0.4, 0.5) is 5.82 Å². The highest BCUT2D eigenvalue weighted by Gasteiger charge is 2.48. The molecule has 1 aliphatic heterocycles. The Kier molecular flexibility index (Phi) is 7.96. The normalized spacial score (nSPS) is 26.6. The van der Waals surface area contributed by atoms with Gasteiger partial charge < -0.3 is 45.0 Å². The zero-order valence-corrected chi connectivity index (χ0v) is 20.5. The Labute approximate surface area is 206 Å². The quantitative estimate of drug-likeness (QED) is 0.163. The van der Waals surface area contributed by atoms with Gasteiger partial charge in [0.1, 0.15) is 30.7 Å². The van der Waals surface area contributed by atoms with E-state index in [1.807, 2.05) is 0 Å². The number of aromatic nitrogens is 4. The molecule has 36 heavy (non-hydrogen) atoms. The van der Waals surface area contributed by atoms with Crippen molar-refractivity contribution in [2.45, 2.75) is 68.5 Å². The molecule has 0 amide bonds. The van der Waals surface area contributed by atoms with Gasteiger partial charge in [0.15, 0.2) is 17.2 Å². The lowest BCUT2D eigenvalue weighted by Crippen LogP contribution is -2.39. The van der Waals surface area contributed by atoms with E-state index in [4.69, 9.17) is 14.6 Å². The van der Waals surface area contributed by atoms with E-state index in [0.717, 1.165) is 32.6 Å². The van der Waals surface area contributed by atoms with E-state index in [9.17, 15) is 29.7 Å². The minimum absolute atomic E-state index is 0.118. The summed E-state index contributed by atoms with van der Waals surface area (Å²) in [4.78, 5) is 27.8. The molecule has 0 spiro atoms. The number of nitrogens with one attached hydrogen (secondary N) is 1. The summed E-state index contributed by atoms with van der Waals surface area (Å²) < 4.78 is 24.0. The molecule has 1 aliphatic carbocycles. The average Bonchev–Trinajstić information content (AvgIpc) is 3.56. The maximum atomic E-state index is 11.7. The second-order valence-corrected chi connectivity index (χ2v) is 11.1. The molecular weight excluding hydrogens is 497 g/mol. The van der Waals surface area contributed by atoms with Gasteiger partial charge in [-0.05, 0) is 25.7 Å². The third kappa shape index (κ3) is 5.26. The van der Waals surface area contributed by atoms with Crippen LogP contribution in [-0.2, 0) is 14.0 Å². The smallest absolute Gasteiger partial charge is 0.359 e. The summed E-state index contributed by atoms with van der Waals surface area (Å²) in [6, 6.07) is 0.219. The number of nitrogens with zero attached hydrogens (tertiary/aromatic N) is 4. The molecule has 7 N–H and O–H groups in total. The van der Waals surface area contributed by atoms with E-state index < -0.39 is 50.7 Å². The highest BCUT2D eigenvalue weighted by molar-refractivity contribution is 7.53. The molecule has 2 unspecified atom stereocenters. The fourth-order valence-corrected chi connectivity index (χ4v) is 4.64. The van der Waals surface area contributed by atoms with Crippen LogP contribution in [0.2, 0.25) is 0 Å². The molecule has 2 aliphatic rings. The molecule has 15 heteroatoms. The van der Waals surface area contributed by atoms with Gasteiger partial charge in [-0.25, -0.2) is 14.6 Å². The number of ether oxygens (including phenoxy) is 2. The molecule has 198 valence electrons. The van der Waals surface area contributed by atoms with Gasteiger partial charge in [-0.2, -0.15) is 5.10 Å². The fraction of sp³-hybridized carbons (Fsp3) is 0.667. The summed E-state index contributed by atoms with van der Waals surface area (Å²) in [6.07, 6.45) is 0.299. The Hall–Kier alpha value is -2.18. The first-order valence-electron chi connectivity index (χ1n) is 11.5. The van der Waals surface area contributed by atoms with E-state index in [1.54, 1.807) is 0 Å². The Balaban J connectivity index is 1.62. The van der Waals surface area contributed by atoms with Crippen LogP contribution in [0.3, 0.4) is 0 Å². The summed E-state index contributed by atoms with van der Waals surface area (Å²) in [6.45, 7) is -0.839. The van der Waals surface area contributed by atoms with Crippen LogP contribution in [0, 0.1) is 11.8 Å². The van der Waals surface area contributed by atoms with Crippen LogP contribution in [-0.4, -0.2) is 99.5 Å². The molecule has 2 aromatic rings. The zero-order valence-electron chi connectivity index (χ0n) is 19.6. The van der Waals surface area contributed by atoms with Gasteiger partial charge in [0.2, 0.25) is 5.82 Å². The highest BCUT2D eigenvalue weighted by Crippen LogP contribution is 2.51.